The third kappa shape index (κ3) is 15.4. The molecule has 8 amide bonds. The van der Waals surface area contributed by atoms with E-state index in [1.54, 1.807) is 74.5 Å². The number of methoxy groups -OCH3 is 2. The Balaban J connectivity index is 0.909. The Hall–Kier alpha value is -7.57. The molecule has 0 saturated carbocycles. The molecular formula is C60H72Br2N8O14. The number of halogens is 2. The van der Waals surface area contributed by atoms with Gasteiger partial charge in [-0.2, -0.15) is 0 Å². The molecule has 0 spiro atoms. The zero-order valence-electron chi connectivity index (χ0n) is 48.4. The molecule has 0 bridgehead atoms. The van der Waals surface area contributed by atoms with Crippen molar-refractivity contribution in [2.45, 2.75) is 130 Å². The number of fused-ring (bicyclic) bond motifs is 2. The van der Waals surface area contributed by atoms with Crippen LogP contribution in [0, 0.1) is 5.92 Å². The van der Waals surface area contributed by atoms with E-state index in [0.29, 0.717) is 92.1 Å². The van der Waals surface area contributed by atoms with Gasteiger partial charge in [0.1, 0.15) is 27.7 Å². The molecule has 24 heteroatoms. The first kappa shape index (κ1) is 64.0. The molecule has 450 valence electrons. The first-order valence-corrected chi connectivity index (χ1v) is 29.5. The topological polar surface area (TPSA) is 264 Å². The minimum atomic E-state index is -1.52. The number of aliphatic imine (C=N–C) groups is 1. The zero-order chi connectivity index (χ0) is 60.9. The molecule has 3 aromatic carbocycles. The molecule has 7 rings (SSSR count). The van der Waals surface area contributed by atoms with Gasteiger partial charge in [0.2, 0.25) is 17.7 Å². The lowest BCUT2D eigenvalue weighted by molar-refractivity contribution is -0.137. The summed E-state index contributed by atoms with van der Waals surface area (Å²) in [4.78, 5) is 116. The quantitative estimate of drug-likeness (QED) is 0.0332. The van der Waals surface area contributed by atoms with Gasteiger partial charge in [-0.25, -0.2) is 9.69 Å². The van der Waals surface area contributed by atoms with Crippen molar-refractivity contribution in [2.24, 2.45) is 10.9 Å². The number of hydrogen-bond acceptors (Lipinski definition) is 15. The number of nitrogens with one attached hydrogen (secondary N) is 3. The number of anilines is 2. The Kier molecular flexibility index (Phi) is 22.3. The first-order chi connectivity index (χ1) is 40.1. The van der Waals surface area contributed by atoms with Gasteiger partial charge in [-0.1, -0.05) is 43.5 Å². The van der Waals surface area contributed by atoms with Gasteiger partial charge in [-0.05, 0) is 140 Å². The Morgan fingerprint density at radius 1 is 0.774 bits per heavy atom. The van der Waals surface area contributed by atoms with Crippen molar-refractivity contribution in [1.29, 1.82) is 0 Å². The Labute approximate surface area is 505 Å². The van der Waals surface area contributed by atoms with Gasteiger partial charge < -0.3 is 54.5 Å². The molecular weight excluding hydrogens is 1220 g/mol. The number of rotatable bonds is 26. The van der Waals surface area contributed by atoms with Crippen LogP contribution >= 0.6 is 31.9 Å². The Morgan fingerprint density at radius 3 is 2.04 bits per heavy atom. The van der Waals surface area contributed by atoms with Crippen LogP contribution in [-0.2, 0) is 35.3 Å². The lowest BCUT2D eigenvalue weighted by Gasteiger charge is -2.31. The Bertz CT molecular complexity index is 3120. The zero-order valence-corrected chi connectivity index (χ0v) is 51.6. The maximum absolute atomic E-state index is 14.2. The van der Waals surface area contributed by atoms with Gasteiger partial charge in [-0.3, -0.25) is 43.5 Å². The van der Waals surface area contributed by atoms with Crippen molar-refractivity contribution in [1.82, 2.24) is 25.3 Å². The second-order valence-corrected chi connectivity index (χ2v) is 22.7. The van der Waals surface area contributed by atoms with E-state index in [4.69, 9.17) is 23.7 Å². The highest BCUT2D eigenvalue weighted by Crippen LogP contribution is 2.43. The number of hydrogen-bond donors (Lipinski definition) is 4. The van der Waals surface area contributed by atoms with Crippen molar-refractivity contribution < 1.29 is 67.1 Å². The smallest absolute Gasteiger partial charge is 0.416 e. The van der Waals surface area contributed by atoms with Crippen LogP contribution in [0.3, 0.4) is 0 Å². The summed E-state index contributed by atoms with van der Waals surface area (Å²) in [5.41, 5.74) is 3.89. The second kappa shape index (κ2) is 29.3. The number of ether oxygens (including phenoxy) is 5. The number of nitrogens with zero attached hydrogens (tertiary/aromatic N) is 5. The largest absolute Gasteiger partial charge is 0.493 e. The summed E-state index contributed by atoms with van der Waals surface area (Å²) in [6, 6.07) is 10.1. The van der Waals surface area contributed by atoms with E-state index in [9.17, 15) is 43.5 Å². The average molecular weight is 1290 g/mol. The maximum Gasteiger partial charge on any atom is 0.416 e. The first-order valence-electron chi connectivity index (χ1n) is 27.9. The highest BCUT2D eigenvalue weighted by atomic mass is 79.9. The summed E-state index contributed by atoms with van der Waals surface area (Å²) in [6.07, 6.45) is 7.34. The summed E-state index contributed by atoms with van der Waals surface area (Å²) in [7, 11) is 2.96. The standard InChI is InChI=1S/C60H72Br2N8O14/c1-9-63-42-29-47(45(80-7)27-40(42)55(74)67-23-21-35(4)31-67)82-24-14-11-15-25-83-48-30-43-41(28-46(48)81-8)56(75)69-32-36(5)26-44(69)57(76)70(43)60(79)84-33-38-17-19-39(20-18-38)65-53(72)37(6)64-54(73)52(34(2)3)66-49(71)16-12-10-13-22-68-58(77)50(61)51(62)59(68)78/h9,17-20,27-32,34,37,44,52,57,76H,10-16,21-26,33H2,1-8H3,(H,64,73)(H,65,72)(H,66,71)/b63-9-/t37-,44-,52-,57-/m1/s1. The summed E-state index contributed by atoms with van der Waals surface area (Å²) in [5, 5.41) is 20.1. The minimum Gasteiger partial charge on any atom is -0.493 e. The molecule has 4 atom stereocenters. The number of aliphatic hydroxyl groups excluding tert-OH is 1. The lowest BCUT2D eigenvalue weighted by Crippen LogP contribution is -2.53. The van der Waals surface area contributed by atoms with E-state index in [1.807, 2.05) is 20.0 Å². The summed E-state index contributed by atoms with van der Waals surface area (Å²) in [5.74, 6) is -1.86. The van der Waals surface area contributed by atoms with Crippen molar-refractivity contribution in [2.75, 3.05) is 50.7 Å². The van der Waals surface area contributed by atoms with Gasteiger partial charge in [0.15, 0.2) is 29.2 Å². The van der Waals surface area contributed by atoms with Crippen LogP contribution in [0.25, 0.3) is 0 Å². The number of carbonyl (C=O) groups excluding carboxylic acids is 8. The molecule has 22 nitrogen and oxygen atoms in total. The fourth-order valence-electron chi connectivity index (χ4n) is 9.87. The molecule has 84 heavy (non-hydrogen) atoms. The maximum atomic E-state index is 14.2. The molecule has 0 radical (unpaired) electrons. The summed E-state index contributed by atoms with van der Waals surface area (Å²) >= 11 is 6.21. The molecule has 0 aliphatic carbocycles. The van der Waals surface area contributed by atoms with Gasteiger partial charge in [0.25, 0.3) is 23.6 Å². The molecule has 4 heterocycles. The lowest BCUT2D eigenvalue weighted by atomic mass is 10.0. The van der Waals surface area contributed by atoms with Crippen LogP contribution in [-0.4, -0.2) is 138 Å². The average Bonchev–Trinajstić information content (AvgIpc) is 2.18. The van der Waals surface area contributed by atoms with Crippen LogP contribution in [0.1, 0.15) is 126 Å². The van der Waals surface area contributed by atoms with Gasteiger partial charge in [0, 0.05) is 55.9 Å². The minimum absolute atomic E-state index is 0.0597. The predicted octanol–water partition coefficient (Wildman–Crippen LogP) is 8.91. The highest BCUT2D eigenvalue weighted by molar-refractivity contribution is 9.14. The third-order valence-electron chi connectivity index (χ3n) is 14.5. The summed E-state index contributed by atoms with van der Waals surface area (Å²) in [6.45, 7) is 11.8. The van der Waals surface area contributed by atoms with Gasteiger partial charge in [0.05, 0.1) is 56.0 Å². The molecule has 0 saturated heterocycles. The van der Waals surface area contributed by atoms with Crippen molar-refractivity contribution in [3.63, 3.8) is 0 Å². The van der Waals surface area contributed by atoms with Crippen molar-refractivity contribution in [3.05, 3.63) is 97.7 Å². The van der Waals surface area contributed by atoms with E-state index in [-0.39, 0.29) is 75.6 Å². The van der Waals surface area contributed by atoms with Crippen LogP contribution < -0.4 is 39.8 Å². The summed E-state index contributed by atoms with van der Waals surface area (Å²) < 4.78 is 29.8. The van der Waals surface area contributed by atoms with Crippen LogP contribution in [0.4, 0.5) is 21.9 Å². The van der Waals surface area contributed by atoms with E-state index in [0.717, 1.165) is 27.4 Å². The van der Waals surface area contributed by atoms with Crippen LogP contribution in [0.2, 0.25) is 0 Å². The fraction of sp³-hybridized carbons (Fsp3) is 0.450. The monoisotopic (exact) mass is 1290 g/mol. The van der Waals surface area contributed by atoms with Gasteiger partial charge >= 0.3 is 6.09 Å². The van der Waals surface area contributed by atoms with E-state index < -0.39 is 60.0 Å². The number of carbonyl (C=O) groups is 8. The molecule has 4 N–H and O–H groups in total. The molecule has 0 aromatic heterocycles. The number of imide groups is 1. The normalized spacial score (nSPS) is 17.4. The predicted molar refractivity (Wildman–Crippen MR) is 321 cm³/mol. The fourth-order valence-corrected chi connectivity index (χ4v) is 10.6. The molecule has 4 aliphatic rings. The SMILES string of the molecule is C/C=N\c1cc(OCCCCCOc2cc3c(cc2OC)C(=O)N2C=C(C)C[C@@H]2[C@@H](O)N3C(=O)OCc2ccc(NC(=O)[C@@H](C)NC(=O)[C@H](NC(=O)CCCCCN3C(=O)C(Br)=C(Br)C3=O)C(C)C)cc2)c(OC)cc1C(=O)N1C=C(C)CC1. The molecule has 0 unspecified atom stereocenters. The number of benzene rings is 3. The van der Waals surface area contributed by atoms with Crippen molar-refractivity contribution in [3.8, 4) is 23.0 Å². The molecule has 3 aromatic rings. The molecule has 0 fully saturated rings. The number of aliphatic hydroxyl groups is 1. The Morgan fingerprint density at radius 2 is 1.42 bits per heavy atom. The van der Waals surface area contributed by atoms with Crippen molar-refractivity contribution >= 4 is 103 Å². The van der Waals surface area contributed by atoms with E-state index in [1.165, 1.54) is 38.2 Å². The van der Waals surface area contributed by atoms with Gasteiger partial charge in [-0.15, -0.1) is 0 Å². The van der Waals surface area contributed by atoms with E-state index >= 15 is 0 Å². The van der Waals surface area contributed by atoms with E-state index in [2.05, 4.69) is 52.8 Å². The molecule has 4 aliphatic heterocycles. The van der Waals surface area contributed by atoms with Crippen LogP contribution in [0.15, 0.2) is 86.0 Å². The third-order valence-corrected chi connectivity index (χ3v) is 16.5. The number of amides is 8. The number of unbranched alkanes of at least 4 members (excludes halogenated alkanes) is 4. The second-order valence-electron chi connectivity index (χ2n) is 21.1. The highest BCUT2D eigenvalue weighted by Gasteiger charge is 2.45. The van der Waals surface area contributed by atoms with Crippen LogP contribution in [0.5, 0.6) is 23.0 Å².